The molecule has 0 N–H and O–H groups in total. The second kappa shape index (κ2) is 9.23. The summed E-state index contributed by atoms with van der Waals surface area (Å²) in [4.78, 5) is 14.9. The van der Waals surface area contributed by atoms with Crippen LogP contribution in [0.1, 0.15) is 42.0 Å². The van der Waals surface area contributed by atoms with Gasteiger partial charge in [-0.25, -0.2) is 0 Å². The van der Waals surface area contributed by atoms with Gasteiger partial charge in [-0.1, -0.05) is 18.2 Å². The van der Waals surface area contributed by atoms with Gasteiger partial charge >= 0.3 is 0 Å². The van der Waals surface area contributed by atoms with E-state index >= 15 is 0 Å². The molecule has 1 atom stereocenters. The van der Waals surface area contributed by atoms with E-state index in [1.165, 1.54) is 0 Å². The lowest BCUT2D eigenvalue weighted by atomic mass is 10.0. The molecule has 4 rings (SSSR count). The van der Waals surface area contributed by atoms with Crippen molar-refractivity contribution in [2.45, 2.75) is 31.1 Å². The molecule has 2 aliphatic rings. The van der Waals surface area contributed by atoms with E-state index in [4.69, 9.17) is 14.7 Å². The smallest absolute Gasteiger partial charge is 0.233 e. The van der Waals surface area contributed by atoms with Gasteiger partial charge in [-0.3, -0.25) is 4.79 Å². The van der Waals surface area contributed by atoms with Crippen molar-refractivity contribution in [2.75, 3.05) is 25.5 Å². The molecular weight excluding hydrogens is 384 g/mol. The standard InChI is InChI=1S/C23H24N2O3S/c24-14-17-4-6-18(7-5-17)15-29-16-23(26)25-10-1-3-20(25)19-8-9-21-22(13-19)28-12-2-11-27-21/h4-9,13,20H,1-3,10-12,15-16H2. The van der Waals surface area contributed by atoms with Crippen LogP contribution in [-0.2, 0) is 10.5 Å². The van der Waals surface area contributed by atoms with Crippen molar-refractivity contribution in [1.82, 2.24) is 4.90 Å². The molecule has 29 heavy (non-hydrogen) atoms. The maximum Gasteiger partial charge on any atom is 0.233 e. The van der Waals surface area contributed by atoms with Crippen molar-refractivity contribution >= 4 is 17.7 Å². The maximum absolute atomic E-state index is 12.9. The molecule has 2 aromatic carbocycles. The Bertz CT molecular complexity index is 907. The quantitative estimate of drug-likeness (QED) is 0.737. The fourth-order valence-electron chi connectivity index (χ4n) is 3.81. The molecule has 1 unspecified atom stereocenters. The van der Waals surface area contributed by atoms with Gasteiger partial charge in [0.15, 0.2) is 11.5 Å². The SMILES string of the molecule is N#Cc1ccc(CSCC(=O)N2CCCC2c2ccc3c(c2)OCCCO3)cc1. The summed E-state index contributed by atoms with van der Waals surface area (Å²) in [6.07, 6.45) is 2.88. The van der Waals surface area contributed by atoms with Crippen LogP contribution in [0.4, 0.5) is 0 Å². The topological polar surface area (TPSA) is 62.6 Å². The number of amides is 1. The first kappa shape index (κ1) is 19.7. The molecular formula is C23H24N2O3S. The molecule has 2 aromatic rings. The number of likely N-dealkylation sites (tertiary alicyclic amines) is 1. The number of rotatable bonds is 5. The number of fused-ring (bicyclic) bond motifs is 1. The van der Waals surface area contributed by atoms with Crippen LogP contribution in [0, 0.1) is 11.3 Å². The molecule has 5 nitrogen and oxygen atoms in total. The second-order valence-electron chi connectivity index (χ2n) is 7.30. The average Bonchev–Trinajstić information content (AvgIpc) is 3.13. The minimum absolute atomic E-state index is 0.107. The number of hydrogen-bond acceptors (Lipinski definition) is 5. The Kier molecular flexibility index (Phi) is 6.26. The van der Waals surface area contributed by atoms with Crippen molar-refractivity contribution in [2.24, 2.45) is 0 Å². The van der Waals surface area contributed by atoms with E-state index in [1.807, 2.05) is 41.3 Å². The zero-order valence-electron chi connectivity index (χ0n) is 16.3. The molecule has 150 valence electrons. The number of carbonyl (C=O) groups excluding carboxylic acids is 1. The fraction of sp³-hybridized carbons (Fsp3) is 0.391. The summed E-state index contributed by atoms with van der Waals surface area (Å²) in [5, 5.41) is 8.88. The summed E-state index contributed by atoms with van der Waals surface area (Å²) in [6.45, 7) is 2.14. The van der Waals surface area contributed by atoms with E-state index < -0.39 is 0 Å². The maximum atomic E-state index is 12.9. The van der Waals surface area contributed by atoms with Gasteiger partial charge in [-0.05, 0) is 48.2 Å². The van der Waals surface area contributed by atoms with Crippen LogP contribution < -0.4 is 9.47 Å². The van der Waals surface area contributed by atoms with Crippen LogP contribution in [0.2, 0.25) is 0 Å². The Labute approximate surface area is 175 Å². The van der Waals surface area contributed by atoms with E-state index in [-0.39, 0.29) is 11.9 Å². The highest BCUT2D eigenvalue weighted by atomic mass is 32.2. The van der Waals surface area contributed by atoms with Crippen LogP contribution in [0.25, 0.3) is 0 Å². The van der Waals surface area contributed by atoms with Crippen LogP contribution >= 0.6 is 11.8 Å². The van der Waals surface area contributed by atoms with Gasteiger partial charge in [0.25, 0.3) is 0 Å². The fourth-order valence-corrected chi connectivity index (χ4v) is 4.68. The van der Waals surface area contributed by atoms with Gasteiger partial charge in [-0.15, -0.1) is 11.8 Å². The Morgan fingerprint density at radius 2 is 1.90 bits per heavy atom. The van der Waals surface area contributed by atoms with E-state index in [2.05, 4.69) is 12.1 Å². The Balaban J connectivity index is 1.37. The van der Waals surface area contributed by atoms with Gasteiger partial charge in [0.2, 0.25) is 5.91 Å². The zero-order valence-corrected chi connectivity index (χ0v) is 17.1. The third-order valence-electron chi connectivity index (χ3n) is 5.31. The first-order valence-electron chi connectivity index (χ1n) is 10.0. The minimum atomic E-state index is 0.107. The Morgan fingerprint density at radius 1 is 1.10 bits per heavy atom. The van der Waals surface area contributed by atoms with E-state index in [9.17, 15) is 4.79 Å². The summed E-state index contributed by atoms with van der Waals surface area (Å²) >= 11 is 1.62. The summed E-state index contributed by atoms with van der Waals surface area (Å²) in [6, 6.07) is 15.8. The molecule has 1 amide bonds. The summed E-state index contributed by atoms with van der Waals surface area (Å²) < 4.78 is 11.5. The Morgan fingerprint density at radius 3 is 2.69 bits per heavy atom. The number of nitrogens with zero attached hydrogens (tertiary/aromatic N) is 2. The molecule has 0 spiro atoms. The number of nitriles is 1. The normalized spacial score (nSPS) is 18.2. The molecule has 0 bridgehead atoms. The monoisotopic (exact) mass is 408 g/mol. The van der Waals surface area contributed by atoms with Crippen LogP contribution in [0.5, 0.6) is 11.5 Å². The minimum Gasteiger partial charge on any atom is -0.490 e. The van der Waals surface area contributed by atoms with Gasteiger partial charge in [-0.2, -0.15) is 5.26 Å². The van der Waals surface area contributed by atoms with Gasteiger partial charge in [0, 0.05) is 18.7 Å². The number of ether oxygens (including phenoxy) is 2. The summed E-state index contributed by atoms with van der Waals surface area (Å²) in [5.74, 6) is 2.98. The molecule has 0 saturated carbocycles. The Hall–Kier alpha value is -2.65. The summed E-state index contributed by atoms with van der Waals surface area (Å²) in [7, 11) is 0. The molecule has 1 fully saturated rings. The highest BCUT2D eigenvalue weighted by Gasteiger charge is 2.30. The lowest BCUT2D eigenvalue weighted by molar-refractivity contribution is -0.129. The van der Waals surface area contributed by atoms with E-state index in [0.29, 0.717) is 24.5 Å². The molecule has 2 heterocycles. The highest BCUT2D eigenvalue weighted by Crippen LogP contribution is 2.38. The third kappa shape index (κ3) is 4.68. The van der Waals surface area contributed by atoms with Crippen molar-refractivity contribution in [1.29, 1.82) is 5.26 Å². The first-order chi connectivity index (χ1) is 14.2. The number of carbonyl (C=O) groups is 1. The van der Waals surface area contributed by atoms with E-state index in [1.54, 1.807) is 11.8 Å². The lowest BCUT2D eigenvalue weighted by Gasteiger charge is -2.25. The lowest BCUT2D eigenvalue weighted by Crippen LogP contribution is -2.32. The van der Waals surface area contributed by atoms with Gasteiger partial charge in [0.05, 0.1) is 36.6 Å². The first-order valence-corrected chi connectivity index (χ1v) is 11.2. The van der Waals surface area contributed by atoms with E-state index in [0.717, 1.165) is 54.2 Å². The van der Waals surface area contributed by atoms with Crippen molar-refractivity contribution in [3.63, 3.8) is 0 Å². The molecule has 1 saturated heterocycles. The van der Waals surface area contributed by atoms with Crippen molar-refractivity contribution < 1.29 is 14.3 Å². The highest BCUT2D eigenvalue weighted by molar-refractivity contribution is 7.99. The number of thioether (sulfide) groups is 1. The van der Waals surface area contributed by atoms with Crippen molar-refractivity contribution in [3.8, 4) is 17.6 Å². The average molecular weight is 409 g/mol. The van der Waals surface area contributed by atoms with Crippen molar-refractivity contribution in [3.05, 3.63) is 59.2 Å². The van der Waals surface area contributed by atoms with Crippen LogP contribution in [0.15, 0.2) is 42.5 Å². The predicted octanol–water partition coefficient (Wildman–Crippen LogP) is 4.32. The van der Waals surface area contributed by atoms with Crippen LogP contribution in [-0.4, -0.2) is 36.3 Å². The largest absolute Gasteiger partial charge is 0.490 e. The molecule has 0 radical (unpaired) electrons. The van der Waals surface area contributed by atoms with Gasteiger partial charge in [0.1, 0.15) is 0 Å². The molecule has 6 heteroatoms. The predicted molar refractivity (Wildman–Crippen MR) is 113 cm³/mol. The molecule has 0 aliphatic carbocycles. The molecule has 0 aromatic heterocycles. The number of hydrogen-bond donors (Lipinski definition) is 0. The number of benzene rings is 2. The van der Waals surface area contributed by atoms with Crippen LogP contribution in [0.3, 0.4) is 0 Å². The third-order valence-corrected chi connectivity index (χ3v) is 6.30. The summed E-state index contributed by atoms with van der Waals surface area (Å²) in [5.41, 5.74) is 2.91. The van der Waals surface area contributed by atoms with Gasteiger partial charge < -0.3 is 14.4 Å². The molecule has 2 aliphatic heterocycles. The zero-order chi connectivity index (χ0) is 20.1. The second-order valence-corrected chi connectivity index (χ2v) is 8.29.